The van der Waals surface area contributed by atoms with Gasteiger partial charge in [-0.15, -0.1) is 5.10 Å². The van der Waals surface area contributed by atoms with Gasteiger partial charge in [-0.1, -0.05) is 31.2 Å². The number of carboxylic acids is 1. The Bertz CT molecular complexity index is 701. The van der Waals surface area contributed by atoms with Crippen LogP contribution in [0.4, 0.5) is 5.82 Å². The molecule has 2 aromatic rings. The van der Waals surface area contributed by atoms with E-state index in [1.807, 2.05) is 38.1 Å². The number of rotatable bonds is 3. The molecule has 1 N–H and O–H groups in total. The van der Waals surface area contributed by atoms with E-state index in [0.717, 1.165) is 22.3 Å². The molecule has 0 aliphatic carbocycles. The third kappa shape index (κ3) is 2.13. The molecule has 1 aliphatic rings. The van der Waals surface area contributed by atoms with Crippen molar-refractivity contribution in [2.75, 3.05) is 18.0 Å². The average Bonchev–Trinajstić information content (AvgIpc) is 2.94. The molecule has 1 aliphatic heterocycles. The summed E-state index contributed by atoms with van der Waals surface area (Å²) in [6.07, 6.45) is 1.29. The second-order valence-electron chi connectivity index (χ2n) is 5.77. The normalized spacial score (nSPS) is 21.9. The van der Waals surface area contributed by atoms with Gasteiger partial charge in [-0.05, 0) is 19.8 Å². The molecule has 1 saturated heterocycles. The zero-order valence-corrected chi connectivity index (χ0v) is 12.3. The molecule has 1 aromatic carbocycles. The summed E-state index contributed by atoms with van der Waals surface area (Å²) < 4.78 is 0. The van der Waals surface area contributed by atoms with E-state index < -0.39 is 11.4 Å². The van der Waals surface area contributed by atoms with Gasteiger partial charge >= 0.3 is 5.97 Å². The number of hydrogen-bond acceptors (Lipinski definition) is 4. The first-order chi connectivity index (χ1) is 10.1. The topological polar surface area (TPSA) is 66.3 Å². The highest BCUT2D eigenvalue weighted by molar-refractivity contribution is 5.93. The van der Waals surface area contributed by atoms with Crippen molar-refractivity contribution in [1.29, 1.82) is 0 Å². The molecule has 3 rings (SSSR count). The molecule has 2 heterocycles. The fourth-order valence-electron chi connectivity index (χ4n) is 3.12. The smallest absolute Gasteiger partial charge is 0.311 e. The standard InChI is InChI=1S/C16H19N3O2/c1-3-16(15(20)21)8-9-19(10-16)14-13-7-5-4-6-12(13)11(2)17-18-14/h4-7H,3,8-10H2,1-2H3,(H,20,21). The van der Waals surface area contributed by atoms with Crippen molar-refractivity contribution in [1.82, 2.24) is 10.2 Å². The molecular weight excluding hydrogens is 266 g/mol. The summed E-state index contributed by atoms with van der Waals surface area (Å²) in [5.41, 5.74) is 0.238. The number of anilines is 1. The Morgan fingerprint density at radius 3 is 2.67 bits per heavy atom. The molecule has 0 saturated carbocycles. The molecular formula is C16H19N3O2. The number of aromatic nitrogens is 2. The van der Waals surface area contributed by atoms with Crippen LogP contribution in [0.25, 0.3) is 10.8 Å². The third-order valence-electron chi connectivity index (χ3n) is 4.64. The minimum atomic E-state index is -0.711. The molecule has 5 nitrogen and oxygen atoms in total. The molecule has 110 valence electrons. The zero-order chi connectivity index (χ0) is 15.0. The lowest BCUT2D eigenvalue weighted by atomic mass is 9.84. The third-order valence-corrected chi connectivity index (χ3v) is 4.64. The minimum Gasteiger partial charge on any atom is -0.481 e. The van der Waals surface area contributed by atoms with E-state index in [2.05, 4.69) is 15.1 Å². The number of hydrogen-bond donors (Lipinski definition) is 1. The summed E-state index contributed by atoms with van der Waals surface area (Å²) in [5, 5.41) is 20.2. The van der Waals surface area contributed by atoms with Gasteiger partial charge in [0.05, 0.1) is 11.1 Å². The first kappa shape index (κ1) is 13.8. The maximum atomic E-state index is 11.6. The Morgan fingerprint density at radius 2 is 2.05 bits per heavy atom. The number of nitrogens with zero attached hydrogens (tertiary/aromatic N) is 3. The maximum Gasteiger partial charge on any atom is 0.311 e. The van der Waals surface area contributed by atoms with Gasteiger partial charge in [-0.25, -0.2) is 0 Å². The van der Waals surface area contributed by atoms with Gasteiger partial charge in [0.15, 0.2) is 5.82 Å². The molecule has 1 unspecified atom stereocenters. The lowest BCUT2D eigenvalue weighted by molar-refractivity contribution is -0.147. The summed E-state index contributed by atoms with van der Waals surface area (Å²) >= 11 is 0. The van der Waals surface area contributed by atoms with E-state index in [4.69, 9.17) is 0 Å². The number of fused-ring (bicyclic) bond motifs is 1. The van der Waals surface area contributed by atoms with Gasteiger partial charge in [-0.2, -0.15) is 5.10 Å². The Labute approximate surface area is 123 Å². The van der Waals surface area contributed by atoms with Crippen LogP contribution in [0, 0.1) is 12.3 Å². The van der Waals surface area contributed by atoms with Crippen LogP contribution in [0.15, 0.2) is 24.3 Å². The highest BCUT2D eigenvalue weighted by atomic mass is 16.4. The van der Waals surface area contributed by atoms with Crippen LogP contribution in [0.2, 0.25) is 0 Å². The monoisotopic (exact) mass is 285 g/mol. The maximum absolute atomic E-state index is 11.6. The van der Waals surface area contributed by atoms with E-state index in [0.29, 0.717) is 25.9 Å². The van der Waals surface area contributed by atoms with Crippen LogP contribution >= 0.6 is 0 Å². The van der Waals surface area contributed by atoms with Crippen molar-refractivity contribution in [3.63, 3.8) is 0 Å². The highest BCUT2D eigenvalue weighted by Crippen LogP contribution is 2.38. The van der Waals surface area contributed by atoms with Gasteiger partial charge in [0.25, 0.3) is 0 Å². The molecule has 0 radical (unpaired) electrons. The van der Waals surface area contributed by atoms with Crippen molar-refractivity contribution < 1.29 is 9.90 Å². The number of aryl methyl sites for hydroxylation is 1. The van der Waals surface area contributed by atoms with Crippen molar-refractivity contribution in [2.45, 2.75) is 26.7 Å². The molecule has 1 aromatic heterocycles. The van der Waals surface area contributed by atoms with Crippen LogP contribution in [0.3, 0.4) is 0 Å². The minimum absolute atomic E-state index is 0.501. The Hall–Kier alpha value is -2.17. The SMILES string of the molecule is CCC1(C(=O)O)CCN(c2nnc(C)c3ccccc23)C1. The van der Waals surface area contributed by atoms with Crippen LogP contribution in [-0.4, -0.2) is 34.4 Å². The Balaban J connectivity index is 2.03. The Kier molecular flexibility index (Phi) is 3.27. The second-order valence-corrected chi connectivity index (χ2v) is 5.77. The summed E-state index contributed by atoms with van der Waals surface area (Å²) in [6.45, 7) is 5.09. The largest absolute Gasteiger partial charge is 0.481 e. The highest BCUT2D eigenvalue weighted by Gasteiger charge is 2.44. The molecule has 1 atom stereocenters. The summed E-state index contributed by atoms with van der Waals surface area (Å²) in [4.78, 5) is 13.6. The van der Waals surface area contributed by atoms with E-state index in [1.54, 1.807) is 0 Å². The lowest BCUT2D eigenvalue weighted by Crippen LogP contribution is -2.34. The molecule has 5 heteroatoms. The van der Waals surface area contributed by atoms with Crippen LogP contribution in [0.1, 0.15) is 25.5 Å². The predicted octanol–water partition coefficient (Wildman–Crippen LogP) is 2.63. The zero-order valence-electron chi connectivity index (χ0n) is 12.3. The van der Waals surface area contributed by atoms with Crippen LogP contribution < -0.4 is 4.90 Å². The van der Waals surface area contributed by atoms with Gasteiger partial charge in [-0.3, -0.25) is 4.79 Å². The number of aliphatic carboxylic acids is 1. The predicted molar refractivity (Wildman–Crippen MR) is 81.5 cm³/mol. The molecule has 21 heavy (non-hydrogen) atoms. The van der Waals surface area contributed by atoms with Crippen LogP contribution in [0.5, 0.6) is 0 Å². The summed E-state index contributed by atoms with van der Waals surface area (Å²) in [7, 11) is 0. The Morgan fingerprint density at radius 1 is 1.33 bits per heavy atom. The molecule has 0 bridgehead atoms. The van der Waals surface area contributed by atoms with E-state index in [-0.39, 0.29) is 0 Å². The van der Waals surface area contributed by atoms with E-state index in [1.165, 1.54) is 0 Å². The number of carboxylic acid groups (broad SMARTS) is 1. The molecule has 1 fully saturated rings. The van der Waals surface area contributed by atoms with Gasteiger partial charge < -0.3 is 10.0 Å². The second kappa shape index (κ2) is 4.98. The van der Waals surface area contributed by atoms with Crippen molar-refractivity contribution in [3.05, 3.63) is 30.0 Å². The van der Waals surface area contributed by atoms with E-state index >= 15 is 0 Å². The fourth-order valence-corrected chi connectivity index (χ4v) is 3.12. The lowest BCUT2D eigenvalue weighted by Gasteiger charge is -2.24. The first-order valence-electron chi connectivity index (χ1n) is 7.28. The summed E-state index contributed by atoms with van der Waals surface area (Å²) in [6, 6.07) is 8.02. The van der Waals surface area contributed by atoms with E-state index in [9.17, 15) is 9.90 Å². The number of benzene rings is 1. The molecule has 0 amide bonds. The van der Waals surface area contributed by atoms with Crippen LogP contribution in [-0.2, 0) is 4.79 Å². The quantitative estimate of drug-likeness (QED) is 0.939. The molecule has 0 spiro atoms. The van der Waals surface area contributed by atoms with Gasteiger partial charge in [0, 0.05) is 23.9 Å². The first-order valence-corrected chi connectivity index (χ1v) is 7.28. The fraction of sp³-hybridized carbons (Fsp3) is 0.438. The van der Waals surface area contributed by atoms with Crippen molar-refractivity contribution >= 4 is 22.6 Å². The van der Waals surface area contributed by atoms with Gasteiger partial charge in [0.2, 0.25) is 0 Å². The van der Waals surface area contributed by atoms with Crippen molar-refractivity contribution in [3.8, 4) is 0 Å². The average molecular weight is 285 g/mol. The van der Waals surface area contributed by atoms with Gasteiger partial charge in [0.1, 0.15) is 0 Å². The summed E-state index contributed by atoms with van der Waals surface area (Å²) in [5.74, 6) is 0.0876. The number of carbonyl (C=O) groups is 1. The van der Waals surface area contributed by atoms with Crippen molar-refractivity contribution in [2.24, 2.45) is 5.41 Å².